The van der Waals surface area contributed by atoms with Gasteiger partial charge in [-0.1, -0.05) is 24.3 Å². The van der Waals surface area contributed by atoms with Crippen LogP contribution in [0.1, 0.15) is 6.92 Å². The molecular formula is C38H27N3S4. The molecule has 0 saturated carbocycles. The van der Waals surface area contributed by atoms with Crippen molar-refractivity contribution in [2.75, 3.05) is 0 Å². The SMILES string of the molecule is CCn1c2ccc(-n3c(-c4cccs4)ccc3-c3cccs3)cc2c2cc(-n3c(-c4cccs4)ccc3-c3cccs3)ccc21. The third kappa shape index (κ3) is 4.34. The molecule has 0 unspecified atom stereocenters. The Hall–Kier alpha value is -4.40. The molecule has 0 aliphatic carbocycles. The first kappa shape index (κ1) is 27.0. The molecule has 7 aromatic heterocycles. The summed E-state index contributed by atoms with van der Waals surface area (Å²) >= 11 is 7.15. The molecule has 0 spiro atoms. The summed E-state index contributed by atoms with van der Waals surface area (Å²) in [5.41, 5.74) is 9.78. The first-order valence-electron chi connectivity index (χ1n) is 14.9. The molecule has 0 amide bonds. The average molecular weight is 654 g/mol. The summed E-state index contributed by atoms with van der Waals surface area (Å²) in [7, 11) is 0. The third-order valence-electron chi connectivity index (χ3n) is 8.52. The maximum Gasteiger partial charge on any atom is 0.0635 e. The van der Waals surface area contributed by atoms with E-state index in [9.17, 15) is 0 Å². The van der Waals surface area contributed by atoms with Crippen molar-refractivity contribution < 1.29 is 0 Å². The van der Waals surface area contributed by atoms with Gasteiger partial charge in [-0.3, -0.25) is 0 Å². The summed E-state index contributed by atoms with van der Waals surface area (Å²) < 4.78 is 7.32. The van der Waals surface area contributed by atoms with E-state index in [2.05, 4.69) is 151 Å². The van der Waals surface area contributed by atoms with Gasteiger partial charge < -0.3 is 13.7 Å². The van der Waals surface area contributed by atoms with Crippen LogP contribution in [0.5, 0.6) is 0 Å². The Labute approximate surface area is 277 Å². The number of aromatic nitrogens is 3. The van der Waals surface area contributed by atoms with Crippen molar-refractivity contribution in [2.45, 2.75) is 13.5 Å². The quantitative estimate of drug-likeness (QED) is 0.163. The second-order valence-corrected chi connectivity index (χ2v) is 14.7. The maximum atomic E-state index is 2.45. The van der Waals surface area contributed by atoms with E-state index >= 15 is 0 Å². The van der Waals surface area contributed by atoms with E-state index in [0.717, 1.165) is 6.54 Å². The lowest BCUT2D eigenvalue weighted by molar-refractivity contribution is 0.827. The fourth-order valence-electron chi connectivity index (χ4n) is 6.60. The Morgan fingerprint density at radius 2 is 0.800 bits per heavy atom. The van der Waals surface area contributed by atoms with Crippen LogP contribution in [0.3, 0.4) is 0 Å². The van der Waals surface area contributed by atoms with E-state index in [0.29, 0.717) is 0 Å². The van der Waals surface area contributed by atoms with Crippen molar-refractivity contribution >= 4 is 67.2 Å². The number of benzene rings is 2. The zero-order chi connectivity index (χ0) is 29.9. The fraction of sp³-hybridized carbons (Fsp3) is 0.0526. The molecular weight excluding hydrogens is 627 g/mol. The summed E-state index contributed by atoms with van der Waals surface area (Å²) in [6.45, 7) is 3.15. The van der Waals surface area contributed by atoms with Gasteiger partial charge in [0.05, 0.1) is 42.3 Å². The standard InChI is InChI=1S/C38H27N3S4/c1-2-39-29-13-11-25(40-31(35-7-3-19-42-35)15-16-32(40)36-8-4-20-43-36)23-27(29)28-24-26(12-14-30(28)39)41-33(37-9-5-21-44-37)17-18-34(41)38-10-6-22-45-38/h3-24H,2H2,1H3. The molecule has 0 atom stereocenters. The van der Waals surface area contributed by atoms with Crippen molar-refractivity contribution in [3.05, 3.63) is 131 Å². The summed E-state index contributed by atoms with van der Waals surface area (Å²) in [6, 6.07) is 40.5. The highest BCUT2D eigenvalue weighted by Gasteiger charge is 2.20. The Balaban J connectivity index is 1.29. The van der Waals surface area contributed by atoms with Crippen LogP contribution < -0.4 is 0 Å². The summed E-state index contributed by atoms with van der Waals surface area (Å²) in [6.07, 6.45) is 0. The maximum absolute atomic E-state index is 2.45. The highest BCUT2D eigenvalue weighted by Crippen LogP contribution is 2.41. The summed E-state index contributed by atoms with van der Waals surface area (Å²) in [5, 5.41) is 11.2. The Morgan fingerprint density at radius 1 is 0.444 bits per heavy atom. The van der Waals surface area contributed by atoms with Crippen molar-refractivity contribution in [3.8, 4) is 53.7 Å². The molecule has 2 aromatic carbocycles. The number of rotatable bonds is 7. The Bertz CT molecular complexity index is 2120. The van der Waals surface area contributed by atoms with Crippen LogP contribution in [0, 0.1) is 0 Å². The predicted molar refractivity (Wildman–Crippen MR) is 197 cm³/mol. The highest BCUT2D eigenvalue weighted by atomic mass is 32.1. The van der Waals surface area contributed by atoms with Gasteiger partial charge in [-0.25, -0.2) is 0 Å². The molecule has 45 heavy (non-hydrogen) atoms. The molecule has 0 bridgehead atoms. The first-order valence-corrected chi connectivity index (χ1v) is 18.5. The van der Waals surface area contributed by atoms with Crippen LogP contribution in [0.15, 0.2) is 131 Å². The van der Waals surface area contributed by atoms with Crippen LogP contribution in [0.2, 0.25) is 0 Å². The normalized spacial score (nSPS) is 11.8. The molecule has 0 radical (unpaired) electrons. The van der Waals surface area contributed by atoms with Crippen LogP contribution in [0.4, 0.5) is 0 Å². The van der Waals surface area contributed by atoms with Crippen LogP contribution in [-0.2, 0) is 6.54 Å². The van der Waals surface area contributed by atoms with Crippen LogP contribution in [-0.4, -0.2) is 13.7 Å². The highest BCUT2D eigenvalue weighted by molar-refractivity contribution is 7.14. The van der Waals surface area contributed by atoms with E-state index in [-0.39, 0.29) is 0 Å². The van der Waals surface area contributed by atoms with E-state index in [4.69, 9.17) is 0 Å². The largest absolute Gasteiger partial charge is 0.341 e. The predicted octanol–water partition coefficient (Wildman–Crippen LogP) is 12.3. The van der Waals surface area contributed by atoms with E-state index in [1.165, 1.54) is 75.5 Å². The number of nitrogens with zero attached hydrogens (tertiary/aromatic N) is 3. The molecule has 3 nitrogen and oxygen atoms in total. The third-order valence-corrected chi connectivity index (χ3v) is 12.1. The summed E-state index contributed by atoms with van der Waals surface area (Å²) in [5.74, 6) is 0. The Morgan fingerprint density at radius 3 is 1.09 bits per heavy atom. The van der Waals surface area contributed by atoms with Gasteiger partial charge in [0.1, 0.15) is 0 Å². The van der Waals surface area contributed by atoms with Gasteiger partial charge in [0.25, 0.3) is 0 Å². The minimum absolute atomic E-state index is 0.910. The number of hydrogen-bond donors (Lipinski definition) is 0. The van der Waals surface area contributed by atoms with Gasteiger partial charge in [-0.15, -0.1) is 45.3 Å². The molecule has 7 heterocycles. The van der Waals surface area contributed by atoms with Gasteiger partial charge in [0.2, 0.25) is 0 Å². The van der Waals surface area contributed by atoms with Crippen LogP contribution in [0.25, 0.3) is 75.5 Å². The molecule has 0 fully saturated rings. The van der Waals surface area contributed by atoms with Crippen molar-refractivity contribution in [3.63, 3.8) is 0 Å². The smallest absolute Gasteiger partial charge is 0.0635 e. The van der Waals surface area contributed by atoms with Gasteiger partial charge in [-0.2, -0.15) is 0 Å². The lowest BCUT2D eigenvalue weighted by Gasteiger charge is -2.14. The zero-order valence-corrected chi connectivity index (χ0v) is 27.6. The van der Waals surface area contributed by atoms with Gasteiger partial charge >= 0.3 is 0 Å². The molecule has 0 N–H and O–H groups in total. The monoisotopic (exact) mass is 653 g/mol. The van der Waals surface area contributed by atoms with Gasteiger partial charge in [0.15, 0.2) is 0 Å². The number of fused-ring (bicyclic) bond motifs is 3. The van der Waals surface area contributed by atoms with Crippen molar-refractivity contribution in [1.29, 1.82) is 0 Å². The van der Waals surface area contributed by atoms with Crippen LogP contribution >= 0.6 is 45.3 Å². The van der Waals surface area contributed by atoms with Crippen molar-refractivity contribution in [2.24, 2.45) is 0 Å². The number of hydrogen-bond acceptors (Lipinski definition) is 4. The molecule has 7 heteroatoms. The second-order valence-electron chi connectivity index (χ2n) is 10.9. The van der Waals surface area contributed by atoms with E-state index in [1.54, 1.807) is 45.3 Å². The molecule has 9 rings (SSSR count). The van der Waals surface area contributed by atoms with Crippen molar-refractivity contribution in [1.82, 2.24) is 13.7 Å². The molecule has 218 valence electrons. The number of thiophene rings is 4. The van der Waals surface area contributed by atoms with Gasteiger partial charge in [0, 0.05) is 39.7 Å². The summed E-state index contributed by atoms with van der Waals surface area (Å²) in [4.78, 5) is 5.08. The van der Waals surface area contributed by atoms with Gasteiger partial charge in [-0.05, 0) is 113 Å². The number of aryl methyl sites for hydroxylation is 1. The molecule has 0 aliphatic rings. The minimum Gasteiger partial charge on any atom is -0.341 e. The first-order chi connectivity index (χ1) is 22.3. The Kier molecular flexibility index (Phi) is 6.52. The molecule has 0 saturated heterocycles. The fourth-order valence-corrected chi connectivity index (χ4v) is 9.56. The van der Waals surface area contributed by atoms with E-state index < -0.39 is 0 Å². The topological polar surface area (TPSA) is 14.8 Å². The second kappa shape index (κ2) is 10.9. The molecule has 0 aliphatic heterocycles. The lowest BCUT2D eigenvalue weighted by atomic mass is 10.1. The lowest BCUT2D eigenvalue weighted by Crippen LogP contribution is -1.99. The average Bonchev–Trinajstić information content (AvgIpc) is 3.92. The minimum atomic E-state index is 0.910. The molecule has 9 aromatic rings. The van der Waals surface area contributed by atoms with E-state index in [1.807, 2.05) is 0 Å². The zero-order valence-electron chi connectivity index (χ0n) is 24.4.